The molecule has 5 nitrogen and oxygen atoms in total. The van der Waals surface area contributed by atoms with E-state index in [1.807, 2.05) is 0 Å². The molecule has 20 heavy (non-hydrogen) atoms. The van der Waals surface area contributed by atoms with Gasteiger partial charge in [0.1, 0.15) is 5.75 Å². The van der Waals surface area contributed by atoms with E-state index < -0.39 is 12.1 Å². The van der Waals surface area contributed by atoms with E-state index in [0.717, 1.165) is 12.1 Å². The molecule has 0 aliphatic heterocycles. The molecule has 0 bridgehead atoms. The van der Waals surface area contributed by atoms with E-state index in [4.69, 9.17) is 5.26 Å². The number of halogens is 3. The Labute approximate surface area is 110 Å². The summed E-state index contributed by atoms with van der Waals surface area (Å²) in [6, 6.07) is 5.08. The largest absolute Gasteiger partial charge is 0.573 e. The molecule has 0 atom stereocenters. The molecule has 1 aromatic heterocycles. The smallest absolute Gasteiger partial charge is 0.406 e. The molecular formula is C12H6F3N3O2. The molecule has 0 aliphatic rings. The molecular weight excluding hydrogens is 275 g/mol. The van der Waals surface area contributed by atoms with E-state index in [-0.39, 0.29) is 16.8 Å². The number of rotatable bonds is 3. The van der Waals surface area contributed by atoms with Crippen LogP contribution in [0, 0.1) is 11.3 Å². The van der Waals surface area contributed by atoms with Crippen molar-refractivity contribution in [3.63, 3.8) is 0 Å². The van der Waals surface area contributed by atoms with Crippen molar-refractivity contribution in [3.8, 4) is 17.5 Å². The number of hydrogen-bond donors (Lipinski definition) is 0. The first kappa shape index (κ1) is 13.6. The van der Waals surface area contributed by atoms with Crippen molar-refractivity contribution in [2.45, 2.75) is 6.36 Å². The SMILES string of the molecule is N#Cc1cc(OC(F)(F)F)cc(-n2cc(C=O)cn2)c1. The van der Waals surface area contributed by atoms with Crippen molar-refractivity contribution < 1.29 is 22.7 Å². The number of ether oxygens (including phenoxy) is 1. The lowest BCUT2D eigenvalue weighted by atomic mass is 10.2. The molecule has 0 N–H and O–H groups in total. The Bertz CT molecular complexity index is 686. The second-order valence-corrected chi connectivity index (χ2v) is 3.71. The Morgan fingerprint density at radius 1 is 1.35 bits per heavy atom. The third-order valence-corrected chi connectivity index (χ3v) is 2.26. The summed E-state index contributed by atoms with van der Waals surface area (Å²) in [7, 11) is 0. The number of carbonyl (C=O) groups is 1. The highest BCUT2D eigenvalue weighted by molar-refractivity contribution is 5.73. The highest BCUT2D eigenvalue weighted by Crippen LogP contribution is 2.26. The molecule has 2 rings (SSSR count). The van der Waals surface area contributed by atoms with Gasteiger partial charge >= 0.3 is 6.36 Å². The first-order valence-electron chi connectivity index (χ1n) is 5.22. The first-order chi connectivity index (χ1) is 9.41. The maximum atomic E-state index is 12.2. The van der Waals surface area contributed by atoms with Gasteiger partial charge in [0.15, 0.2) is 6.29 Å². The van der Waals surface area contributed by atoms with Gasteiger partial charge in [-0.2, -0.15) is 10.4 Å². The van der Waals surface area contributed by atoms with Gasteiger partial charge in [-0.25, -0.2) is 4.68 Å². The Balaban J connectivity index is 2.45. The number of nitrogens with zero attached hydrogens (tertiary/aromatic N) is 3. The second-order valence-electron chi connectivity index (χ2n) is 3.71. The van der Waals surface area contributed by atoms with Crippen LogP contribution in [0.25, 0.3) is 5.69 Å². The Hall–Kier alpha value is -2.82. The Kier molecular flexibility index (Phi) is 3.43. The van der Waals surface area contributed by atoms with Crippen LogP contribution in [0.3, 0.4) is 0 Å². The molecule has 0 amide bonds. The van der Waals surface area contributed by atoms with Gasteiger partial charge in [0, 0.05) is 12.3 Å². The van der Waals surface area contributed by atoms with E-state index in [2.05, 4.69) is 9.84 Å². The summed E-state index contributed by atoms with van der Waals surface area (Å²) in [5.41, 5.74) is 0.409. The van der Waals surface area contributed by atoms with Crippen molar-refractivity contribution >= 4 is 6.29 Å². The van der Waals surface area contributed by atoms with Gasteiger partial charge in [0.05, 0.1) is 29.1 Å². The topological polar surface area (TPSA) is 67.9 Å². The maximum Gasteiger partial charge on any atom is 0.573 e. The molecule has 0 fully saturated rings. The van der Waals surface area contributed by atoms with Gasteiger partial charge in [-0.1, -0.05) is 0 Å². The van der Waals surface area contributed by atoms with Crippen LogP contribution >= 0.6 is 0 Å². The van der Waals surface area contributed by atoms with Gasteiger partial charge in [-0.05, 0) is 12.1 Å². The average Bonchev–Trinajstić information content (AvgIpc) is 2.85. The molecule has 1 aromatic carbocycles. The number of aromatic nitrogens is 2. The van der Waals surface area contributed by atoms with Gasteiger partial charge in [-0.15, -0.1) is 13.2 Å². The number of alkyl halides is 3. The number of hydrogen-bond acceptors (Lipinski definition) is 4. The summed E-state index contributed by atoms with van der Waals surface area (Å²) in [5, 5.41) is 12.6. The monoisotopic (exact) mass is 281 g/mol. The van der Waals surface area contributed by atoms with Crippen LogP contribution in [-0.2, 0) is 0 Å². The fourth-order valence-corrected chi connectivity index (χ4v) is 1.51. The van der Waals surface area contributed by atoms with Crippen LogP contribution in [0.2, 0.25) is 0 Å². The summed E-state index contributed by atoms with van der Waals surface area (Å²) in [4.78, 5) is 10.5. The second kappa shape index (κ2) is 5.05. The van der Waals surface area contributed by atoms with Crippen LogP contribution in [0.15, 0.2) is 30.6 Å². The van der Waals surface area contributed by atoms with Gasteiger partial charge in [0.2, 0.25) is 0 Å². The van der Waals surface area contributed by atoms with Crippen LogP contribution in [0.5, 0.6) is 5.75 Å². The van der Waals surface area contributed by atoms with Crippen LogP contribution in [0.1, 0.15) is 15.9 Å². The van der Waals surface area contributed by atoms with Crippen LogP contribution in [-0.4, -0.2) is 22.4 Å². The fourth-order valence-electron chi connectivity index (χ4n) is 1.51. The minimum atomic E-state index is -4.86. The molecule has 2 aromatic rings. The molecule has 0 saturated heterocycles. The molecule has 0 saturated carbocycles. The van der Waals surface area contributed by atoms with Crippen LogP contribution < -0.4 is 4.74 Å². The lowest BCUT2D eigenvalue weighted by molar-refractivity contribution is -0.274. The summed E-state index contributed by atoms with van der Waals surface area (Å²) in [6.45, 7) is 0. The van der Waals surface area contributed by atoms with Crippen molar-refractivity contribution in [1.82, 2.24) is 9.78 Å². The van der Waals surface area contributed by atoms with E-state index in [1.165, 1.54) is 23.1 Å². The zero-order valence-corrected chi connectivity index (χ0v) is 9.76. The zero-order chi connectivity index (χ0) is 14.8. The van der Waals surface area contributed by atoms with Crippen LogP contribution in [0.4, 0.5) is 13.2 Å². The van der Waals surface area contributed by atoms with E-state index in [1.54, 1.807) is 6.07 Å². The highest BCUT2D eigenvalue weighted by atomic mass is 19.4. The quantitative estimate of drug-likeness (QED) is 0.810. The zero-order valence-electron chi connectivity index (χ0n) is 9.76. The third-order valence-electron chi connectivity index (χ3n) is 2.26. The predicted octanol–water partition coefficient (Wildman–Crippen LogP) is 2.46. The predicted molar refractivity (Wildman–Crippen MR) is 60.3 cm³/mol. The molecule has 0 radical (unpaired) electrons. The molecule has 1 heterocycles. The summed E-state index contributed by atoms with van der Waals surface area (Å²) in [5.74, 6) is -0.533. The fraction of sp³-hybridized carbons (Fsp3) is 0.0833. The van der Waals surface area contributed by atoms with Gasteiger partial charge < -0.3 is 4.74 Å². The minimum Gasteiger partial charge on any atom is -0.406 e. The number of carbonyl (C=O) groups excluding carboxylic acids is 1. The van der Waals surface area contributed by atoms with Gasteiger partial charge in [0.25, 0.3) is 0 Å². The summed E-state index contributed by atoms with van der Waals surface area (Å²) < 4.78 is 41.5. The number of nitriles is 1. The van der Waals surface area contributed by atoms with E-state index >= 15 is 0 Å². The molecule has 0 aliphatic carbocycles. The van der Waals surface area contributed by atoms with Crippen molar-refractivity contribution in [2.24, 2.45) is 0 Å². The lowest BCUT2D eigenvalue weighted by Crippen LogP contribution is -2.17. The Morgan fingerprint density at radius 3 is 2.65 bits per heavy atom. The highest BCUT2D eigenvalue weighted by Gasteiger charge is 2.31. The number of benzene rings is 1. The van der Waals surface area contributed by atoms with E-state index in [0.29, 0.717) is 6.29 Å². The average molecular weight is 281 g/mol. The third kappa shape index (κ3) is 3.14. The lowest BCUT2D eigenvalue weighted by Gasteiger charge is -2.10. The number of aldehydes is 1. The standard InChI is InChI=1S/C12H6F3N3O2/c13-12(14,15)20-11-2-8(4-16)1-10(3-11)18-6-9(7-19)5-17-18/h1-3,5-7H. The van der Waals surface area contributed by atoms with Crippen molar-refractivity contribution in [3.05, 3.63) is 41.7 Å². The maximum absolute atomic E-state index is 12.2. The Morgan fingerprint density at radius 2 is 2.10 bits per heavy atom. The molecule has 0 unspecified atom stereocenters. The molecule has 102 valence electrons. The minimum absolute atomic E-state index is 0.0232. The van der Waals surface area contributed by atoms with E-state index in [9.17, 15) is 18.0 Å². The first-order valence-corrected chi connectivity index (χ1v) is 5.22. The normalized spacial score (nSPS) is 10.9. The summed E-state index contributed by atoms with van der Waals surface area (Å²) in [6.07, 6.45) is -1.74. The van der Waals surface area contributed by atoms with Crippen molar-refractivity contribution in [1.29, 1.82) is 5.26 Å². The van der Waals surface area contributed by atoms with Crippen molar-refractivity contribution in [2.75, 3.05) is 0 Å². The van der Waals surface area contributed by atoms with Gasteiger partial charge in [-0.3, -0.25) is 4.79 Å². The molecule has 8 heteroatoms. The summed E-state index contributed by atoms with van der Waals surface area (Å²) >= 11 is 0. The molecule has 0 spiro atoms.